The van der Waals surface area contributed by atoms with E-state index in [-0.39, 0.29) is 16.5 Å². The van der Waals surface area contributed by atoms with Crippen molar-refractivity contribution in [2.45, 2.75) is 38.8 Å². The average Bonchev–Trinajstić information content (AvgIpc) is 2.66. The molecule has 0 aromatic carbocycles. The molecule has 0 atom stereocenters. The number of alkyl halides is 3. The highest BCUT2D eigenvalue weighted by molar-refractivity contribution is 6.33. The van der Waals surface area contributed by atoms with Gasteiger partial charge in [0.2, 0.25) is 0 Å². The molecule has 2 N–H and O–H groups in total. The minimum atomic E-state index is -4.45. The van der Waals surface area contributed by atoms with Crippen LogP contribution in [0.2, 0.25) is 5.02 Å². The fourth-order valence-electron chi connectivity index (χ4n) is 2.11. The van der Waals surface area contributed by atoms with Crippen molar-refractivity contribution < 1.29 is 13.2 Å². The molecule has 0 amide bonds. The molecule has 0 saturated carbocycles. The van der Waals surface area contributed by atoms with E-state index in [1.807, 2.05) is 0 Å². The number of imidazole rings is 1. The van der Waals surface area contributed by atoms with Gasteiger partial charge in [-0.05, 0) is 18.9 Å². The van der Waals surface area contributed by atoms with E-state index < -0.39 is 11.7 Å². The van der Waals surface area contributed by atoms with Crippen LogP contribution in [0.4, 0.5) is 19.0 Å². The van der Waals surface area contributed by atoms with Gasteiger partial charge in [-0.3, -0.25) is 0 Å². The molecule has 0 radical (unpaired) electrons. The Morgan fingerprint density at radius 2 is 2.05 bits per heavy atom. The molecule has 110 valence electrons. The van der Waals surface area contributed by atoms with Gasteiger partial charge >= 0.3 is 6.18 Å². The van der Waals surface area contributed by atoms with Crippen LogP contribution in [0.15, 0.2) is 12.3 Å². The van der Waals surface area contributed by atoms with Crippen LogP contribution in [-0.4, -0.2) is 9.38 Å². The zero-order valence-electron chi connectivity index (χ0n) is 11.0. The number of aromatic nitrogens is 2. The second-order valence-electron chi connectivity index (χ2n) is 4.67. The lowest BCUT2D eigenvalue weighted by Crippen LogP contribution is -2.07. The van der Waals surface area contributed by atoms with E-state index in [1.165, 1.54) is 4.40 Å². The van der Waals surface area contributed by atoms with Crippen LogP contribution in [0, 0.1) is 0 Å². The highest BCUT2D eigenvalue weighted by atomic mass is 35.5. The van der Waals surface area contributed by atoms with E-state index in [1.54, 1.807) is 0 Å². The summed E-state index contributed by atoms with van der Waals surface area (Å²) in [5.74, 6) is 0.238. The molecular weight excluding hydrogens is 291 g/mol. The third-order valence-corrected chi connectivity index (χ3v) is 3.43. The van der Waals surface area contributed by atoms with Crippen LogP contribution in [0.25, 0.3) is 5.65 Å². The third-order valence-electron chi connectivity index (χ3n) is 3.15. The first-order chi connectivity index (χ1) is 9.34. The number of pyridine rings is 1. The summed E-state index contributed by atoms with van der Waals surface area (Å²) < 4.78 is 39.8. The molecule has 0 aliphatic heterocycles. The second-order valence-corrected chi connectivity index (χ2v) is 5.08. The fourth-order valence-corrected chi connectivity index (χ4v) is 2.37. The molecule has 0 unspecified atom stereocenters. The molecule has 0 fully saturated rings. The first-order valence-electron chi connectivity index (χ1n) is 6.37. The smallest absolute Gasteiger partial charge is 0.382 e. The summed E-state index contributed by atoms with van der Waals surface area (Å²) in [6.45, 7) is 2.05. The lowest BCUT2D eigenvalue weighted by Gasteiger charge is -2.09. The van der Waals surface area contributed by atoms with Gasteiger partial charge in [0.25, 0.3) is 0 Å². The number of nitrogens with two attached hydrogens (primary N) is 1. The standard InChI is InChI=1S/C13H15ClF3N3/c1-2-3-4-5-10-11(18)19-12-9(14)6-8(7-20(10)12)13(15,16)17/h6-7H,2-5,18H2,1H3. The molecular formula is C13H15ClF3N3. The van der Waals surface area contributed by atoms with Gasteiger partial charge in [-0.1, -0.05) is 31.4 Å². The van der Waals surface area contributed by atoms with Crippen molar-refractivity contribution in [2.75, 3.05) is 5.73 Å². The zero-order valence-corrected chi connectivity index (χ0v) is 11.7. The minimum absolute atomic E-state index is 0.0479. The van der Waals surface area contributed by atoms with Crippen molar-refractivity contribution in [1.82, 2.24) is 9.38 Å². The first kappa shape index (κ1) is 15.0. The van der Waals surface area contributed by atoms with E-state index in [0.717, 1.165) is 31.5 Å². The Labute approximate surface area is 119 Å². The predicted molar refractivity (Wildman–Crippen MR) is 72.8 cm³/mol. The maximum Gasteiger partial charge on any atom is 0.417 e. The Balaban J connectivity index is 2.52. The number of nitrogen functional groups attached to an aromatic ring is 1. The van der Waals surface area contributed by atoms with E-state index in [0.29, 0.717) is 12.1 Å². The zero-order chi connectivity index (χ0) is 14.9. The van der Waals surface area contributed by atoms with Crippen LogP contribution in [-0.2, 0) is 12.6 Å². The van der Waals surface area contributed by atoms with Crippen molar-refractivity contribution in [3.05, 3.63) is 28.5 Å². The molecule has 2 rings (SSSR count). The predicted octanol–water partition coefficient (Wildman–Crippen LogP) is 4.32. The van der Waals surface area contributed by atoms with E-state index >= 15 is 0 Å². The van der Waals surface area contributed by atoms with E-state index in [9.17, 15) is 13.2 Å². The molecule has 0 aliphatic rings. The summed E-state index contributed by atoms with van der Waals surface area (Å²) in [6.07, 6.45) is -0.00515. The maximum atomic E-state index is 12.8. The summed E-state index contributed by atoms with van der Waals surface area (Å²) in [5.41, 5.74) is 5.84. The molecule has 2 aromatic rings. The molecule has 3 nitrogen and oxygen atoms in total. The minimum Gasteiger partial charge on any atom is -0.382 e. The molecule has 0 aliphatic carbocycles. The summed E-state index contributed by atoms with van der Waals surface area (Å²) in [6, 6.07) is 0.874. The van der Waals surface area contributed by atoms with Crippen molar-refractivity contribution >= 4 is 23.1 Å². The van der Waals surface area contributed by atoms with Gasteiger partial charge in [-0.2, -0.15) is 13.2 Å². The largest absolute Gasteiger partial charge is 0.417 e. The highest BCUT2D eigenvalue weighted by Crippen LogP contribution is 2.33. The van der Waals surface area contributed by atoms with Crippen molar-refractivity contribution in [3.8, 4) is 0 Å². The number of fused-ring (bicyclic) bond motifs is 1. The Bertz CT molecular complexity index is 619. The third kappa shape index (κ3) is 2.85. The van der Waals surface area contributed by atoms with Gasteiger partial charge in [0.05, 0.1) is 16.3 Å². The van der Waals surface area contributed by atoms with Crippen LogP contribution < -0.4 is 5.73 Å². The molecule has 0 saturated heterocycles. The number of nitrogens with zero attached hydrogens (tertiary/aromatic N) is 2. The maximum absolute atomic E-state index is 12.8. The number of hydrogen-bond donors (Lipinski definition) is 1. The molecule has 2 aromatic heterocycles. The number of unbranched alkanes of at least 4 members (excludes halogenated alkanes) is 2. The molecule has 0 bridgehead atoms. The monoisotopic (exact) mass is 305 g/mol. The van der Waals surface area contributed by atoms with Crippen LogP contribution in [0.5, 0.6) is 0 Å². The van der Waals surface area contributed by atoms with Crippen LogP contribution in [0.3, 0.4) is 0 Å². The quantitative estimate of drug-likeness (QED) is 0.855. The van der Waals surface area contributed by atoms with Gasteiger partial charge < -0.3 is 10.1 Å². The number of halogens is 4. The molecule has 20 heavy (non-hydrogen) atoms. The Hall–Kier alpha value is -1.43. The number of hydrogen-bond acceptors (Lipinski definition) is 2. The lowest BCUT2D eigenvalue weighted by atomic mass is 10.1. The number of aryl methyl sites for hydroxylation is 1. The van der Waals surface area contributed by atoms with Gasteiger partial charge in [-0.25, -0.2) is 4.98 Å². The van der Waals surface area contributed by atoms with Gasteiger partial charge in [0.15, 0.2) is 5.65 Å². The van der Waals surface area contributed by atoms with Gasteiger partial charge in [0.1, 0.15) is 5.82 Å². The lowest BCUT2D eigenvalue weighted by molar-refractivity contribution is -0.137. The second kappa shape index (κ2) is 5.52. The summed E-state index contributed by atoms with van der Waals surface area (Å²) >= 11 is 5.88. The molecule has 2 heterocycles. The van der Waals surface area contributed by atoms with Gasteiger partial charge in [0, 0.05) is 6.20 Å². The van der Waals surface area contributed by atoms with Crippen LogP contribution in [0.1, 0.15) is 37.4 Å². The normalized spacial score (nSPS) is 12.2. The summed E-state index contributed by atoms with van der Waals surface area (Å²) in [7, 11) is 0. The highest BCUT2D eigenvalue weighted by Gasteiger charge is 2.32. The Morgan fingerprint density at radius 1 is 1.35 bits per heavy atom. The van der Waals surface area contributed by atoms with E-state index in [4.69, 9.17) is 17.3 Å². The van der Waals surface area contributed by atoms with Crippen molar-refractivity contribution in [3.63, 3.8) is 0 Å². The van der Waals surface area contributed by atoms with Gasteiger partial charge in [-0.15, -0.1) is 0 Å². The van der Waals surface area contributed by atoms with Crippen LogP contribution >= 0.6 is 11.6 Å². The number of rotatable bonds is 4. The molecule has 7 heteroatoms. The number of anilines is 1. The fraction of sp³-hybridized carbons (Fsp3) is 0.462. The van der Waals surface area contributed by atoms with Crippen molar-refractivity contribution in [2.24, 2.45) is 0 Å². The average molecular weight is 306 g/mol. The van der Waals surface area contributed by atoms with E-state index in [2.05, 4.69) is 11.9 Å². The topological polar surface area (TPSA) is 43.3 Å². The molecule has 0 spiro atoms. The van der Waals surface area contributed by atoms with Crippen molar-refractivity contribution in [1.29, 1.82) is 0 Å². The Kier molecular flexibility index (Phi) is 4.13. The Morgan fingerprint density at radius 3 is 2.65 bits per heavy atom. The SMILES string of the molecule is CCCCCc1c(N)nc2c(Cl)cc(C(F)(F)F)cn12. The summed E-state index contributed by atoms with van der Waals surface area (Å²) in [4.78, 5) is 4.06. The summed E-state index contributed by atoms with van der Waals surface area (Å²) in [5, 5.41) is -0.0479. The first-order valence-corrected chi connectivity index (χ1v) is 6.75.